The highest BCUT2D eigenvalue weighted by Crippen LogP contribution is 2.17. The molecule has 0 amide bonds. The van der Waals surface area contributed by atoms with E-state index in [2.05, 4.69) is 45.0 Å². The zero-order valence-electron chi connectivity index (χ0n) is 12.2. The Kier molecular flexibility index (Phi) is 7.75. The van der Waals surface area contributed by atoms with Gasteiger partial charge in [0, 0.05) is 13.2 Å². The Hall–Kier alpha value is -0.820. The normalized spacial score (nSPS) is 12.6. The van der Waals surface area contributed by atoms with Crippen molar-refractivity contribution in [3.8, 4) is 0 Å². The Morgan fingerprint density at radius 1 is 1.00 bits per heavy atom. The highest BCUT2D eigenvalue weighted by molar-refractivity contribution is 5.21. The van der Waals surface area contributed by atoms with E-state index in [1.807, 2.05) is 0 Å². The molecule has 1 aromatic rings. The summed E-state index contributed by atoms with van der Waals surface area (Å²) in [7, 11) is 0. The molecule has 0 aliphatic heterocycles. The number of hydrogen-bond acceptors (Lipinski definition) is 1. The molecule has 0 aliphatic carbocycles. The lowest BCUT2D eigenvalue weighted by molar-refractivity contribution is 0.118. The molecule has 18 heavy (non-hydrogen) atoms. The van der Waals surface area contributed by atoms with Gasteiger partial charge in [-0.3, -0.25) is 0 Å². The maximum atomic E-state index is 5.58. The van der Waals surface area contributed by atoms with Gasteiger partial charge in [0.2, 0.25) is 0 Å². The van der Waals surface area contributed by atoms with E-state index >= 15 is 0 Å². The van der Waals surface area contributed by atoms with E-state index < -0.39 is 0 Å². The molecule has 0 radical (unpaired) electrons. The Bertz CT molecular complexity index is 302. The lowest BCUT2D eigenvalue weighted by Gasteiger charge is -2.14. The summed E-state index contributed by atoms with van der Waals surface area (Å²) in [6.45, 7) is 8.44. The van der Waals surface area contributed by atoms with Crippen LogP contribution in [0.3, 0.4) is 0 Å². The third-order valence-corrected chi connectivity index (χ3v) is 3.56. The Balaban J connectivity index is 2.24. The minimum absolute atomic E-state index is 0.808. The average Bonchev–Trinajstić information content (AvgIpc) is 2.40. The van der Waals surface area contributed by atoms with E-state index in [1.54, 1.807) is 0 Å². The summed E-state index contributed by atoms with van der Waals surface area (Å²) in [6, 6.07) is 8.94. The van der Waals surface area contributed by atoms with Crippen LogP contribution in [0.1, 0.15) is 50.7 Å². The lowest BCUT2D eigenvalue weighted by atomic mass is 9.94. The Morgan fingerprint density at radius 3 is 2.33 bits per heavy atom. The first-order chi connectivity index (χ1) is 8.76. The van der Waals surface area contributed by atoms with Crippen molar-refractivity contribution >= 4 is 0 Å². The van der Waals surface area contributed by atoms with Crippen molar-refractivity contribution < 1.29 is 4.74 Å². The van der Waals surface area contributed by atoms with Crippen LogP contribution in [-0.4, -0.2) is 13.2 Å². The summed E-state index contributed by atoms with van der Waals surface area (Å²) in [5, 5.41) is 0. The van der Waals surface area contributed by atoms with Gasteiger partial charge in [-0.1, -0.05) is 50.1 Å². The van der Waals surface area contributed by atoms with Crippen LogP contribution in [-0.2, 0) is 11.2 Å². The summed E-state index contributed by atoms with van der Waals surface area (Å²) in [5.41, 5.74) is 2.81. The Labute approximate surface area is 113 Å². The van der Waals surface area contributed by atoms with Gasteiger partial charge in [0.15, 0.2) is 0 Å². The fraction of sp³-hybridized carbons (Fsp3) is 0.647. The first kappa shape index (κ1) is 15.2. The molecule has 0 aliphatic rings. The van der Waals surface area contributed by atoms with Crippen molar-refractivity contribution in [3.05, 3.63) is 35.4 Å². The van der Waals surface area contributed by atoms with Crippen LogP contribution in [0, 0.1) is 12.8 Å². The SMILES string of the molecule is CCCOCCC(CC)CCc1ccc(C)cc1. The van der Waals surface area contributed by atoms with Crippen LogP contribution in [0.25, 0.3) is 0 Å². The second-order valence-corrected chi connectivity index (χ2v) is 5.20. The van der Waals surface area contributed by atoms with Gasteiger partial charge in [0.05, 0.1) is 0 Å². The summed E-state index contributed by atoms with van der Waals surface area (Å²) in [6.07, 6.45) is 6.09. The third-order valence-electron chi connectivity index (χ3n) is 3.56. The molecule has 1 nitrogen and oxygen atoms in total. The van der Waals surface area contributed by atoms with Crippen molar-refractivity contribution in [2.45, 2.75) is 52.9 Å². The minimum Gasteiger partial charge on any atom is -0.381 e. The second-order valence-electron chi connectivity index (χ2n) is 5.20. The van der Waals surface area contributed by atoms with Gasteiger partial charge >= 0.3 is 0 Å². The van der Waals surface area contributed by atoms with E-state index in [0.717, 1.165) is 25.6 Å². The first-order valence-electron chi connectivity index (χ1n) is 7.39. The van der Waals surface area contributed by atoms with Crippen molar-refractivity contribution in [2.24, 2.45) is 5.92 Å². The molecule has 1 atom stereocenters. The largest absolute Gasteiger partial charge is 0.381 e. The van der Waals surface area contributed by atoms with Gasteiger partial charge in [-0.25, -0.2) is 0 Å². The molecule has 102 valence electrons. The first-order valence-corrected chi connectivity index (χ1v) is 7.39. The van der Waals surface area contributed by atoms with Crippen LogP contribution in [0.4, 0.5) is 0 Å². The molecule has 0 aromatic heterocycles. The summed E-state index contributed by atoms with van der Waals surface area (Å²) < 4.78 is 5.58. The molecular weight excluding hydrogens is 220 g/mol. The predicted octanol–water partition coefficient (Wildman–Crippen LogP) is 4.77. The van der Waals surface area contributed by atoms with E-state index in [9.17, 15) is 0 Å². The highest BCUT2D eigenvalue weighted by atomic mass is 16.5. The Morgan fingerprint density at radius 2 is 1.72 bits per heavy atom. The molecule has 0 bridgehead atoms. The average molecular weight is 248 g/mol. The minimum atomic E-state index is 0.808. The molecule has 0 N–H and O–H groups in total. The third kappa shape index (κ3) is 6.20. The van der Waals surface area contributed by atoms with E-state index in [0.29, 0.717) is 0 Å². The zero-order chi connectivity index (χ0) is 13.2. The smallest absolute Gasteiger partial charge is 0.0468 e. The standard InChI is InChI=1S/C17H28O/c1-4-13-18-14-12-16(5-2)10-11-17-8-6-15(3)7-9-17/h6-9,16H,4-5,10-14H2,1-3H3. The van der Waals surface area contributed by atoms with Crippen LogP contribution in [0.2, 0.25) is 0 Å². The topological polar surface area (TPSA) is 9.23 Å². The maximum absolute atomic E-state index is 5.58. The number of ether oxygens (including phenoxy) is 1. The fourth-order valence-corrected chi connectivity index (χ4v) is 2.17. The molecular formula is C17H28O. The molecule has 0 spiro atoms. The molecule has 1 heteroatoms. The van der Waals surface area contributed by atoms with E-state index in [4.69, 9.17) is 4.74 Å². The predicted molar refractivity (Wildman–Crippen MR) is 79.0 cm³/mol. The van der Waals surface area contributed by atoms with Crippen molar-refractivity contribution in [1.82, 2.24) is 0 Å². The van der Waals surface area contributed by atoms with Gasteiger partial charge in [-0.15, -0.1) is 0 Å². The van der Waals surface area contributed by atoms with Crippen molar-refractivity contribution in [2.75, 3.05) is 13.2 Å². The zero-order valence-corrected chi connectivity index (χ0v) is 12.2. The summed E-state index contributed by atoms with van der Waals surface area (Å²) in [4.78, 5) is 0. The molecule has 1 unspecified atom stereocenters. The number of rotatable bonds is 9. The monoisotopic (exact) mass is 248 g/mol. The number of hydrogen-bond donors (Lipinski definition) is 0. The van der Waals surface area contributed by atoms with Gasteiger partial charge < -0.3 is 4.74 Å². The second kappa shape index (κ2) is 9.16. The maximum Gasteiger partial charge on any atom is 0.0468 e. The van der Waals surface area contributed by atoms with Crippen LogP contribution in [0.15, 0.2) is 24.3 Å². The highest BCUT2D eigenvalue weighted by Gasteiger charge is 2.06. The van der Waals surface area contributed by atoms with Gasteiger partial charge in [0.1, 0.15) is 0 Å². The van der Waals surface area contributed by atoms with Crippen molar-refractivity contribution in [1.29, 1.82) is 0 Å². The van der Waals surface area contributed by atoms with Gasteiger partial charge in [0.25, 0.3) is 0 Å². The van der Waals surface area contributed by atoms with Crippen LogP contribution in [0.5, 0.6) is 0 Å². The number of benzene rings is 1. The quantitative estimate of drug-likeness (QED) is 0.572. The van der Waals surface area contributed by atoms with Gasteiger partial charge in [-0.05, 0) is 44.1 Å². The molecule has 0 saturated carbocycles. The van der Waals surface area contributed by atoms with E-state index in [-0.39, 0.29) is 0 Å². The molecule has 0 fully saturated rings. The number of aryl methyl sites for hydroxylation is 2. The van der Waals surface area contributed by atoms with Gasteiger partial charge in [-0.2, -0.15) is 0 Å². The molecule has 1 rings (SSSR count). The lowest BCUT2D eigenvalue weighted by Crippen LogP contribution is -2.06. The summed E-state index contributed by atoms with van der Waals surface area (Å²) in [5.74, 6) is 0.808. The fourth-order valence-electron chi connectivity index (χ4n) is 2.17. The summed E-state index contributed by atoms with van der Waals surface area (Å²) >= 11 is 0. The van der Waals surface area contributed by atoms with E-state index in [1.165, 1.54) is 36.8 Å². The van der Waals surface area contributed by atoms with Crippen molar-refractivity contribution in [3.63, 3.8) is 0 Å². The van der Waals surface area contributed by atoms with Crippen LogP contribution >= 0.6 is 0 Å². The molecule has 0 heterocycles. The molecule has 0 saturated heterocycles. The van der Waals surface area contributed by atoms with Crippen LogP contribution < -0.4 is 0 Å². The molecule has 1 aromatic carbocycles.